The first-order chi connectivity index (χ1) is 17.4. The van der Waals surface area contributed by atoms with Crippen molar-refractivity contribution in [2.45, 2.75) is 6.54 Å². The Morgan fingerprint density at radius 1 is 1.08 bits per heavy atom. The van der Waals surface area contributed by atoms with Gasteiger partial charge in [0.25, 0.3) is 11.8 Å². The molecule has 2 aromatic heterocycles. The van der Waals surface area contributed by atoms with Gasteiger partial charge in [-0.25, -0.2) is 14.5 Å². The van der Waals surface area contributed by atoms with Crippen molar-refractivity contribution in [3.63, 3.8) is 0 Å². The summed E-state index contributed by atoms with van der Waals surface area (Å²) in [5, 5.41) is 3.03. The molecule has 4 aromatic rings. The fourth-order valence-electron chi connectivity index (χ4n) is 4.02. The third kappa shape index (κ3) is 4.22. The number of carbonyl (C=O) groups excluding carboxylic acids is 4. The number of halogens is 1. The van der Waals surface area contributed by atoms with Crippen LogP contribution in [0.3, 0.4) is 0 Å². The average molecular weight is 548 g/mol. The molecule has 1 aliphatic rings. The molecular weight excluding hydrogens is 530 g/mol. The van der Waals surface area contributed by atoms with Crippen molar-refractivity contribution in [3.05, 3.63) is 94.0 Å². The molecule has 5 rings (SSSR count). The molecular formula is C26H18BrN3O6. The van der Waals surface area contributed by atoms with Crippen LogP contribution in [0.4, 0.5) is 10.5 Å². The summed E-state index contributed by atoms with van der Waals surface area (Å²) < 4.78 is 12.8. The van der Waals surface area contributed by atoms with Crippen molar-refractivity contribution in [2.75, 3.05) is 12.0 Å². The monoisotopic (exact) mass is 547 g/mol. The van der Waals surface area contributed by atoms with E-state index >= 15 is 0 Å². The van der Waals surface area contributed by atoms with E-state index in [-0.39, 0.29) is 11.3 Å². The normalized spacial score (nSPS) is 15.0. The number of urea groups is 1. The van der Waals surface area contributed by atoms with E-state index in [1.807, 2.05) is 28.8 Å². The van der Waals surface area contributed by atoms with E-state index in [2.05, 4.69) is 26.0 Å². The molecule has 0 atom stereocenters. The van der Waals surface area contributed by atoms with Gasteiger partial charge in [0.2, 0.25) is 5.76 Å². The highest BCUT2D eigenvalue weighted by Crippen LogP contribution is 2.28. The number of amides is 4. The number of aromatic nitrogens is 1. The van der Waals surface area contributed by atoms with Crippen LogP contribution in [0.2, 0.25) is 0 Å². The lowest BCUT2D eigenvalue weighted by molar-refractivity contribution is -0.122. The largest absolute Gasteiger partial charge is 0.463 e. The Morgan fingerprint density at radius 3 is 2.67 bits per heavy atom. The zero-order valence-corrected chi connectivity index (χ0v) is 20.4. The summed E-state index contributed by atoms with van der Waals surface area (Å²) in [6.07, 6.45) is 3.24. The molecule has 9 nitrogen and oxygen atoms in total. The van der Waals surface area contributed by atoms with Gasteiger partial charge in [0.05, 0.1) is 19.3 Å². The van der Waals surface area contributed by atoms with Crippen LogP contribution >= 0.6 is 15.9 Å². The highest BCUT2D eigenvalue weighted by Gasteiger charge is 2.37. The molecule has 0 saturated carbocycles. The lowest BCUT2D eigenvalue weighted by Gasteiger charge is -2.26. The van der Waals surface area contributed by atoms with Gasteiger partial charge in [0.15, 0.2) is 0 Å². The second-order valence-corrected chi connectivity index (χ2v) is 8.84. The number of anilines is 1. The van der Waals surface area contributed by atoms with E-state index in [1.54, 1.807) is 36.5 Å². The summed E-state index contributed by atoms with van der Waals surface area (Å²) in [6.45, 7) is 0.295. The Morgan fingerprint density at radius 2 is 1.89 bits per heavy atom. The SMILES string of the molecule is COC(=O)c1ccc(Cn2cc(/C=C3\C(=O)NC(=O)N(c4cccc(Br)c4)C3=O)c3ccccc32)o1. The molecule has 1 saturated heterocycles. The molecule has 180 valence electrons. The van der Waals surface area contributed by atoms with Gasteiger partial charge >= 0.3 is 12.0 Å². The van der Waals surface area contributed by atoms with Crippen LogP contribution in [0, 0.1) is 0 Å². The maximum absolute atomic E-state index is 13.3. The minimum Gasteiger partial charge on any atom is -0.463 e. The predicted octanol–water partition coefficient (Wildman–Crippen LogP) is 4.50. The van der Waals surface area contributed by atoms with Gasteiger partial charge < -0.3 is 13.7 Å². The maximum atomic E-state index is 13.3. The third-order valence-corrected chi connectivity index (χ3v) is 6.15. The number of barbiturate groups is 1. The lowest BCUT2D eigenvalue weighted by Crippen LogP contribution is -2.54. The zero-order chi connectivity index (χ0) is 25.4. The van der Waals surface area contributed by atoms with Crippen LogP contribution < -0.4 is 10.2 Å². The maximum Gasteiger partial charge on any atom is 0.373 e. The van der Waals surface area contributed by atoms with E-state index < -0.39 is 23.8 Å². The number of hydrogen-bond acceptors (Lipinski definition) is 6. The summed E-state index contributed by atoms with van der Waals surface area (Å²) in [6, 6.07) is 16.5. The summed E-state index contributed by atoms with van der Waals surface area (Å²) >= 11 is 3.33. The second kappa shape index (κ2) is 9.31. The van der Waals surface area contributed by atoms with E-state index in [4.69, 9.17) is 4.42 Å². The molecule has 0 radical (unpaired) electrons. The van der Waals surface area contributed by atoms with Crippen molar-refractivity contribution in [2.24, 2.45) is 0 Å². The number of ether oxygens (including phenoxy) is 1. The van der Waals surface area contributed by atoms with Gasteiger partial charge in [-0.3, -0.25) is 14.9 Å². The van der Waals surface area contributed by atoms with Crippen molar-refractivity contribution in [3.8, 4) is 0 Å². The molecule has 1 fully saturated rings. The van der Waals surface area contributed by atoms with Gasteiger partial charge in [-0.1, -0.05) is 40.2 Å². The Balaban J connectivity index is 1.53. The summed E-state index contributed by atoms with van der Waals surface area (Å²) in [5.74, 6) is -1.47. The first-order valence-electron chi connectivity index (χ1n) is 10.8. The number of nitrogens with one attached hydrogen (secondary N) is 1. The standard InChI is InChI=1S/C26H18BrN3O6/c1-35-25(33)22-10-9-18(36-22)14-29-13-15(19-7-2-3-8-21(19)29)11-20-23(31)28-26(34)30(24(20)32)17-6-4-5-16(27)12-17/h2-13H,14H2,1H3,(H,28,31,34)/b20-11+. The van der Waals surface area contributed by atoms with Crippen molar-refractivity contribution < 1.29 is 28.3 Å². The Labute approximate surface area is 213 Å². The number of nitrogens with zero attached hydrogens (tertiary/aromatic N) is 2. The first kappa shape index (κ1) is 23.3. The summed E-state index contributed by atoms with van der Waals surface area (Å²) in [7, 11) is 1.28. The van der Waals surface area contributed by atoms with Gasteiger partial charge in [-0.05, 0) is 42.5 Å². The molecule has 1 N–H and O–H groups in total. The van der Waals surface area contributed by atoms with Crippen LogP contribution in [0.25, 0.3) is 17.0 Å². The number of hydrogen-bond donors (Lipinski definition) is 1. The molecule has 36 heavy (non-hydrogen) atoms. The Bertz CT molecular complexity index is 1580. The van der Waals surface area contributed by atoms with E-state index in [0.29, 0.717) is 28.0 Å². The topological polar surface area (TPSA) is 111 Å². The first-order valence-corrected chi connectivity index (χ1v) is 11.6. The molecule has 1 aliphatic heterocycles. The van der Waals surface area contributed by atoms with E-state index in [0.717, 1.165) is 15.8 Å². The molecule has 2 aromatic carbocycles. The van der Waals surface area contributed by atoms with Crippen molar-refractivity contribution in [1.29, 1.82) is 0 Å². The highest BCUT2D eigenvalue weighted by atomic mass is 79.9. The summed E-state index contributed by atoms with van der Waals surface area (Å²) in [4.78, 5) is 51.1. The Kier molecular flexibility index (Phi) is 6.03. The second-order valence-electron chi connectivity index (χ2n) is 7.92. The highest BCUT2D eigenvalue weighted by molar-refractivity contribution is 9.10. The zero-order valence-electron chi connectivity index (χ0n) is 18.9. The number of carbonyl (C=O) groups is 4. The predicted molar refractivity (Wildman–Crippen MR) is 134 cm³/mol. The van der Waals surface area contributed by atoms with Gasteiger partial charge in [0.1, 0.15) is 11.3 Å². The van der Waals surface area contributed by atoms with Crippen LogP contribution in [-0.4, -0.2) is 35.5 Å². The van der Waals surface area contributed by atoms with Crippen LogP contribution in [-0.2, 0) is 20.9 Å². The van der Waals surface area contributed by atoms with Gasteiger partial charge in [-0.2, -0.15) is 0 Å². The van der Waals surface area contributed by atoms with Gasteiger partial charge in [-0.15, -0.1) is 0 Å². The van der Waals surface area contributed by atoms with E-state index in [9.17, 15) is 19.2 Å². The molecule has 3 heterocycles. The smallest absolute Gasteiger partial charge is 0.373 e. The minimum atomic E-state index is -0.818. The lowest BCUT2D eigenvalue weighted by atomic mass is 10.1. The molecule has 0 spiro atoms. The number of benzene rings is 2. The molecule has 10 heteroatoms. The number of furan rings is 1. The number of imide groups is 2. The number of para-hydroxylation sites is 1. The van der Waals surface area contributed by atoms with Crippen LogP contribution in [0.5, 0.6) is 0 Å². The van der Waals surface area contributed by atoms with Crippen LogP contribution in [0.15, 0.2) is 81.3 Å². The number of esters is 1. The van der Waals surface area contributed by atoms with E-state index in [1.165, 1.54) is 19.3 Å². The van der Waals surface area contributed by atoms with Gasteiger partial charge in [0, 0.05) is 27.1 Å². The quantitative estimate of drug-likeness (QED) is 0.224. The summed E-state index contributed by atoms with van der Waals surface area (Å²) in [5.41, 5.74) is 1.58. The average Bonchev–Trinajstić information content (AvgIpc) is 3.46. The fraction of sp³-hybridized carbons (Fsp3) is 0.0769. The third-order valence-electron chi connectivity index (χ3n) is 5.66. The Hall–Kier alpha value is -4.44. The van der Waals surface area contributed by atoms with Crippen molar-refractivity contribution in [1.82, 2.24) is 9.88 Å². The minimum absolute atomic E-state index is 0.0908. The number of fused-ring (bicyclic) bond motifs is 1. The molecule has 4 amide bonds. The molecule has 0 bridgehead atoms. The van der Waals surface area contributed by atoms with Crippen molar-refractivity contribution >= 4 is 62.4 Å². The number of rotatable bonds is 5. The van der Waals surface area contributed by atoms with Crippen LogP contribution in [0.1, 0.15) is 21.9 Å². The molecule has 0 unspecified atom stereocenters. The number of methoxy groups -OCH3 is 1. The molecule has 0 aliphatic carbocycles. The fourth-order valence-corrected chi connectivity index (χ4v) is 4.41.